The Morgan fingerprint density at radius 3 is 2.60 bits per heavy atom. The number of rotatable bonds is 6. The van der Waals surface area contributed by atoms with Crippen molar-refractivity contribution >= 4 is 29.9 Å². The zero-order chi connectivity index (χ0) is 17.7. The van der Waals surface area contributed by atoms with E-state index in [0.717, 1.165) is 49.9 Å². The SMILES string of the molecule is CN=C(NCCCc1c(C)noc1C)NC1CN(C(C)C)CC1C.I. The van der Waals surface area contributed by atoms with Crippen LogP contribution in [0.25, 0.3) is 0 Å². The highest BCUT2D eigenvalue weighted by Gasteiger charge is 2.31. The fraction of sp³-hybridized carbons (Fsp3) is 0.778. The van der Waals surface area contributed by atoms with Crippen molar-refractivity contribution in [3.05, 3.63) is 17.0 Å². The zero-order valence-electron chi connectivity index (χ0n) is 16.4. The smallest absolute Gasteiger partial charge is 0.191 e. The molecule has 0 bridgehead atoms. The average molecular weight is 463 g/mol. The number of aliphatic imine (C=N–C) groups is 1. The molecule has 2 atom stereocenters. The van der Waals surface area contributed by atoms with E-state index < -0.39 is 0 Å². The van der Waals surface area contributed by atoms with Gasteiger partial charge in [0.15, 0.2) is 5.96 Å². The minimum Gasteiger partial charge on any atom is -0.361 e. The van der Waals surface area contributed by atoms with Gasteiger partial charge in [-0.2, -0.15) is 0 Å². The van der Waals surface area contributed by atoms with Gasteiger partial charge in [0.2, 0.25) is 0 Å². The van der Waals surface area contributed by atoms with Crippen LogP contribution in [-0.4, -0.2) is 54.8 Å². The van der Waals surface area contributed by atoms with E-state index in [1.54, 1.807) is 0 Å². The Balaban J connectivity index is 0.00000312. The van der Waals surface area contributed by atoms with E-state index in [0.29, 0.717) is 18.0 Å². The van der Waals surface area contributed by atoms with Crippen molar-refractivity contribution in [2.45, 2.75) is 59.5 Å². The molecular weight excluding hydrogens is 429 g/mol. The maximum atomic E-state index is 5.21. The van der Waals surface area contributed by atoms with E-state index in [4.69, 9.17) is 4.52 Å². The number of aromatic nitrogens is 1. The van der Waals surface area contributed by atoms with Gasteiger partial charge in [0.1, 0.15) is 5.76 Å². The zero-order valence-corrected chi connectivity index (χ0v) is 18.8. The van der Waals surface area contributed by atoms with Crippen LogP contribution in [0.5, 0.6) is 0 Å². The highest BCUT2D eigenvalue weighted by atomic mass is 127. The van der Waals surface area contributed by atoms with E-state index in [1.807, 2.05) is 20.9 Å². The predicted octanol–water partition coefficient (Wildman–Crippen LogP) is 2.74. The van der Waals surface area contributed by atoms with E-state index in [1.165, 1.54) is 5.56 Å². The van der Waals surface area contributed by atoms with Crippen LogP contribution in [0.3, 0.4) is 0 Å². The number of halogens is 1. The van der Waals surface area contributed by atoms with Crippen molar-refractivity contribution in [1.29, 1.82) is 0 Å². The molecule has 0 amide bonds. The molecule has 0 aromatic carbocycles. The molecule has 2 heterocycles. The Bertz CT molecular complexity index is 538. The van der Waals surface area contributed by atoms with Gasteiger partial charge in [-0.05, 0) is 46.5 Å². The molecule has 0 spiro atoms. The Morgan fingerprint density at radius 2 is 2.08 bits per heavy atom. The molecular formula is C18H34IN5O. The van der Waals surface area contributed by atoms with Crippen molar-refractivity contribution in [3.8, 4) is 0 Å². The van der Waals surface area contributed by atoms with Crippen molar-refractivity contribution in [2.75, 3.05) is 26.7 Å². The van der Waals surface area contributed by atoms with Crippen LogP contribution in [0.15, 0.2) is 9.52 Å². The summed E-state index contributed by atoms with van der Waals surface area (Å²) in [7, 11) is 1.84. The Hall–Kier alpha value is -0.830. The van der Waals surface area contributed by atoms with Crippen molar-refractivity contribution in [1.82, 2.24) is 20.7 Å². The molecule has 2 rings (SSSR count). The number of guanidine groups is 1. The van der Waals surface area contributed by atoms with Crippen LogP contribution < -0.4 is 10.6 Å². The molecule has 1 aliphatic heterocycles. The minimum absolute atomic E-state index is 0. The first-order chi connectivity index (χ1) is 11.4. The van der Waals surface area contributed by atoms with Gasteiger partial charge in [0, 0.05) is 44.3 Å². The van der Waals surface area contributed by atoms with Gasteiger partial charge in [0.05, 0.1) is 5.69 Å². The van der Waals surface area contributed by atoms with Crippen LogP contribution >= 0.6 is 24.0 Å². The summed E-state index contributed by atoms with van der Waals surface area (Å²) in [6.45, 7) is 13.9. The number of aryl methyl sites for hydroxylation is 2. The highest BCUT2D eigenvalue weighted by Crippen LogP contribution is 2.18. The average Bonchev–Trinajstić information content (AvgIpc) is 3.06. The first-order valence-corrected chi connectivity index (χ1v) is 9.05. The second kappa shape index (κ2) is 10.4. The number of hydrogen-bond acceptors (Lipinski definition) is 4. The molecule has 1 saturated heterocycles. The second-order valence-electron chi connectivity index (χ2n) is 7.18. The summed E-state index contributed by atoms with van der Waals surface area (Å²) in [5.74, 6) is 2.47. The van der Waals surface area contributed by atoms with Gasteiger partial charge in [-0.25, -0.2) is 0 Å². The molecule has 1 fully saturated rings. The molecule has 25 heavy (non-hydrogen) atoms. The Labute approximate surface area is 169 Å². The first kappa shape index (κ1) is 22.2. The molecule has 1 aliphatic rings. The molecule has 1 aromatic heterocycles. The number of nitrogens with one attached hydrogen (secondary N) is 2. The van der Waals surface area contributed by atoms with E-state index >= 15 is 0 Å². The molecule has 144 valence electrons. The lowest BCUT2D eigenvalue weighted by atomic mass is 10.1. The van der Waals surface area contributed by atoms with Crippen molar-refractivity contribution < 1.29 is 4.52 Å². The normalized spacial score (nSPS) is 21.5. The summed E-state index contributed by atoms with van der Waals surface area (Å²) in [5.41, 5.74) is 2.24. The van der Waals surface area contributed by atoms with Crippen LogP contribution in [0, 0.1) is 19.8 Å². The summed E-state index contributed by atoms with van der Waals surface area (Å²) < 4.78 is 5.21. The molecule has 0 aliphatic carbocycles. The fourth-order valence-corrected chi connectivity index (χ4v) is 3.31. The summed E-state index contributed by atoms with van der Waals surface area (Å²) in [5, 5.41) is 11.0. The van der Waals surface area contributed by atoms with Gasteiger partial charge < -0.3 is 15.2 Å². The van der Waals surface area contributed by atoms with Crippen LogP contribution in [-0.2, 0) is 6.42 Å². The lowest BCUT2D eigenvalue weighted by Gasteiger charge is -2.22. The van der Waals surface area contributed by atoms with Gasteiger partial charge in [-0.15, -0.1) is 24.0 Å². The second-order valence-corrected chi connectivity index (χ2v) is 7.18. The number of likely N-dealkylation sites (tertiary alicyclic amines) is 1. The topological polar surface area (TPSA) is 65.7 Å². The van der Waals surface area contributed by atoms with Crippen molar-refractivity contribution in [2.24, 2.45) is 10.9 Å². The van der Waals surface area contributed by atoms with Crippen molar-refractivity contribution in [3.63, 3.8) is 0 Å². The molecule has 6 nitrogen and oxygen atoms in total. The monoisotopic (exact) mass is 463 g/mol. The van der Waals surface area contributed by atoms with Gasteiger partial charge in [0.25, 0.3) is 0 Å². The van der Waals surface area contributed by atoms with Gasteiger partial charge >= 0.3 is 0 Å². The minimum atomic E-state index is 0. The maximum Gasteiger partial charge on any atom is 0.191 e. The van der Waals surface area contributed by atoms with E-state index in [-0.39, 0.29) is 24.0 Å². The first-order valence-electron chi connectivity index (χ1n) is 9.05. The molecule has 2 N–H and O–H groups in total. The van der Waals surface area contributed by atoms with E-state index in [9.17, 15) is 0 Å². The number of hydrogen-bond donors (Lipinski definition) is 2. The third kappa shape index (κ3) is 6.13. The van der Waals surface area contributed by atoms with E-state index in [2.05, 4.69) is 46.5 Å². The largest absolute Gasteiger partial charge is 0.361 e. The lowest BCUT2D eigenvalue weighted by Crippen LogP contribution is -2.47. The lowest BCUT2D eigenvalue weighted by molar-refractivity contribution is 0.265. The summed E-state index contributed by atoms with van der Waals surface area (Å²) >= 11 is 0. The molecule has 7 heteroatoms. The Kier molecular flexibility index (Phi) is 9.20. The third-order valence-electron chi connectivity index (χ3n) is 4.99. The summed E-state index contributed by atoms with van der Waals surface area (Å²) in [6.07, 6.45) is 2.01. The summed E-state index contributed by atoms with van der Waals surface area (Å²) in [6, 6.07) is 1.06. The molecule has 1 aromatic rings. The maximum absolute atomic E-state index is 5.21. The van der Waals surface area contributed by atoms with Crippen LogP contribution in [0.1, 0.15) is 44.2 Å². The quantitative estimate of drug-likeness (QED) is 0.294. The molecule has 2 unspecified atom stereocenters. The van der Waals surface area contributed by atoms with Gasteiger partial charge in [-0.3, -0.25) is 9.89 Å². The number of nitrogens with zero attached hydrogens (tertiary/aromatic N) is 3. The Morgan fingerprint density at radius 1 is 1.36 bits per heavy atom. The molecule has 0 saturated carbocycles. The summed E-state index contributed by atoms with van der Waals surface area (Å²) in [4.78, 5) is 6.89. The third-order valence-corrected chi connectivity index (χ3v) is 4.99. The fourth-order valence-electron chi connectivity index (χ4n) is 3.31. The van der Waals surface area contributed by atoms with Gasteiger partial charge in [-0.1, -0.05) is 12.1 Å². The van der Waals surface area contributed by atoms with Crippen LogP contribution in [0.4, 0.5) is 0 Å². The predicted molar refractivity (Wildman–Crippen MR) is 114 cm³/mol. The highest BCUT2D eigenvalue weighted by molar-refractivity contribution is 14.0. The molecule has 0 radical (unpaired) electrons. The standard InChI is InChI=1S/C18H33N5O.HI/c1-12(2)23-10-13(3)17(11-23)21-18(19-6)20-9-7-8-16-14(4)22-24-15(16)5;/h12-13,17H,7-11H2,1-6H3,(H2,19,20,21);1H. The van der Waals surface area contributed by atoms with Crippen LogP contribution in [0.2, 0.25) is 0 Å².